The number of rotatable bonds is 1. The number of methoxy groups -OCH3 is 1. The van der Waals surface area contributed by atoms with E-state index in [1.54, 1.807) is 14.0 Å². The van der Waals surface area contributed by atoms with Gasteiger partial charge >= 0.3 is 0 Å². The van der Waals surface area contributed by atoms with Gasteiger partial charge in [-0.3, -0.25) is 4.79 Å². The zero-order chi connectivity index (χ0) is 10.1. The number of aromatic nitrogens is 1. The van der Waals surface area contributed by atoms with Gasteiger partial charge in [0, 0.05) is 11.6 Å². The molecular formula is C11H11NO2. The lowest BCUT2D eigenvalue weighted by atomic mass is 10.1. The van der Waals surface area contributed by atoms with Gasteiger partial charge in [0.25, 0.3) is 5.56 Å². The second-order valence-electron chi connectivity index (χ2n) is 3.23. The summed E-state index contributed by atoms with van der Waals surface area (Å²) in [4.78, 5) is 14.1. The molecule has 1 aromatic carbocycles. The fourth-order valence-corrected chi connectivity index (χ4v) is 1.42. The average molecular weight is 189 g/mol. The summed E-state index contributed by atoms with van der Waals surface area (Å²) in [6.45, 7) is 1.79. The Morgan fingerprint density at radius 2 is 2.07 bits per heavy atom. The number of aryl methyl sites for hydroxylation is 1. The third-order valence-corrected chi connectivity index (χ3v) is 2.24. The predicted octanol–water partition coefficient (Wildman–Crippen LogP) is 1.85. The van der Waals surface area contributed by atoms with Crippen molar-refractivity contribution in [3.8, 4) is 5.75 Å². The van der Waals surface area contributed by atoms with Crippen molar-refractivity contribution in [1.29, 1.82) is 0 Å². The van der Waals surface area contributed by atoms with Crippen molar-refractivity contribution < 1.29 is 4.74 Å². The van der Waals surface area contributed by atoms with E-state index < -0.39 is 0 Å². The molecule has 0 bridgehead atoms. The van der Waals surface area contributed by atoms with Crippen molar-refractivity contribution in [2.45, 2.75) is 6.92 Å². The summed E-state index contributed by atoms with van der Waals surface area (Å²) in [5.74, 6) is 0.747. The average Bonchev–Trinajstić information content (AvgIpc) is 2.19. The second kappa shape index (κ2) is 3.18. The Morgan fingerprint density at radius 1 is 1.29 bits per heavy atom. The quantitative estimate of drug-likeness (QED) is 0.743. The van der Waals surface area contributed by atoms with Gasteiger partial charge in [-0.05, 0) is 30.5 Å². The number of pyridine rings is 1. The van der Waals surface area contributed by atoms with E-state index in [4.69, 9.17) is 4.74 Å². The van der Waals surface area contributed by atoms with E-state index in [1.165, 1.54) is 0 Å². The molecule has 1 N–H and O–H groups in total. The standard InChI is InChI=1S/C11H11NO2/c1-7-5-8-3-4-9(14-2)6-10(8)12-11(7)13/h3-6H,1-2H3,(H,12,13). The summed E-state index contributed by atoms with van der Waals surface area (Å²) in [5.41, 5.74) is 1.48. The highest BCUT2D eigenvalue weighted by molar-refractivity contribution is 5.80. The van der Waals surface area contributed by atoms with Gasteiger partial charge in [0.05, 0.1) is 12.6 Å². The van der Waals surface area contributed by atoms with Gasteiger partial charge in [-0.25, -0.2) is 0 Å². The van der Waals surface area contributed by atoms with Crippen molar-refractivity contribution in [2.75, 3.05) is 7.11 Å². The first-order valence-corrected chi connectivity index (χ1v) is 4.38. The second-order valence-corrected chi connectivity index (χ2v) is 3.23. The first-order chi connectivity index (χ1) is 6.70. The van der Waals surface area contributed by atoms with Crippen molar-refractivity contribution >= 4 is 10.9 Å². The summed E-state index contributed by atoms with van der Waals surface area (Å²) in [7, 11) is 1.60. The first-order valence-electron chi connectivity index (χ1n) is 4.38. The number of hydrogen-bond donors (Lipinski definition) is 1. The molecule has 0 radical (unpaired) electrons. The number of hydrogen-bond acceptors (Lipinski definition) is 2. The number of aromatic amines is 1. The highest BCUT2D eigenvalue weighted by Crippen LogP contribution is 2.17. The molecule has 2 aromatic rings. The topological polar surface area (TPSA) is 42.1 Å². The molecule has 0 atom stereocenters. The Balaban J connectivity index is 2.77. The van der Waals surface area contributed by atoms with Crippen LogP contribution < -0.4 is 10.3 Å². The van der Waals surface area contributed by atoms with Gasteiger partial charge < -0.3 is 9.72 Å². The van der Waals surface area contributed by atoms with Crippen LogP contribution in [0.1, 0.15) is 5.56 Å². The molecule has 1 aromatic heterocycles. The minimum atomic E-state index is -0.0502. The molecule has 14 heavy (non-hydrogen) atoms. The fraction of sp³-hybridized carbons (Fsp3) is 0.182. The first kappa shape index (κ1) is 8.81. The normalized spacial score (nSPS) is 10.4. The van der Waals surface area contributed by atoms with Crippen molar-refractivity contribution in [2.24, 2.45) is 0 Å². The summed E-state index contributed by atoms with van der Waals surface area (Å²) in [6, 6.07) is 7.49. The Bertz CT molecular complexity index is 528. The molecule has 0 saturated carbocycles. The van der Waals surface area contributed by atoms with Crippen LogP contribution in [0.2, 0.25) is 0 Å². The van der Waals surface area contributed by atoms with E-state index in [1.807, 2.05) is 24.3 Å². The number of benzene rings is 1. The molecule has 0 aliphatic rings. The minimum Gasteiger partial charge on any atom is -0.497 e. The minimum absolute atomic E-state index is 0.0502. The lowest BCUT2D eigenvalue weighted by molar-refractivity contribution is 0.415. The monoisotopic (exact) mass is 189 g/mol. The van der Waals surface area contributed by atoms with Gasteiger partial charge in [-0.15, -0.1) is 0 Å². The maximum atomic E-state index is 11.3. The molecule has 3 nitrogen and oxygen atoms in total. The molecule has 0 aliphatic carbocycles. The number of fused-ring (bicyclic) bond motifs is 1. The van der Waals surface area contributed by atoms with Crippen molar-refractivity contribution in [3.05, 3.63) is 40.2 Å². The van der Waals surface area contributed by atoms with E-state index in [9.17, 15) is 4.79 Å². The molecule has 0 fully saturated rings. The van der Waals surface area contributed by atoms with Crippen LogP contribution in [0.25, 0.3) is 10.9 Å². The molecule has 72 valence electrons. The van der Waals surface area contributed by atoms with Gasteiger partial charge in [0.2, 0.25) is 0 Å². The molecule has 0 amide bonds. The van der Waals surface area contributed by atoms with Gasteiger partial charge in [0.1, 0.15) is 5.75 Å². The highest BCUT2D eigenvalue weighted by atomic mass is 16.5. The summed E-state index contributed by atoms with van der Waals surface area (Å²) < 4.78 is 5.07. The molecule has 3 heteroatoms. The molecule has 0 unspecified atom stereocenters. The predicted molar refractivity (Wildman–Crippen MR) is 55.9 cm³/mol. The van der Waals surface area contributed by atoms with Crippen LogP contribution in [0.3, 0.4) is 0 Å². The largest absolute Gasteiger partial charge is 0.497 e. The van der Waals surface area contributed by atoms with Crippen LogP contribution in [0, 0.1) is 6.92 Å². The van der Waals surface area contributed by atoms with E-state index in [2.05, 4.69) is 4.98 Å². The molecule has 2 rings (SSSR count). The van der Waals surface area contributed by atoms with Crippen LogP contribution in [0.5, 0.6) is 5.75 Å². The highest BCUT2D eigenvalue weighted by Gasteiger charge is 1.99. The summed E-state index contributed by atoms with van der Waals surface area (Å²) in [5, 5.41) is 1.02. The lowest BCUT2D eigenvalue weighted by Crippen LogP contribution is -2.08. The van der Waals surface area contributed by atoms with Crippen LogP contribution >= 0.6 is 0 Å². The van der Waals surface area contributed by atoms with E-state index in [-0.39, 0.29) is 5.56 Å². The third-order valence-electron chi connectivity index (χ3n) is 2.24. The number of H-pyrrole nitrogens is 1. The smallest absolute Gasteiger partial charge is 0.251 e. The summed E-state index contributed by atoms with van der Waals surface area (Å²) >= 11 is 0. The van der Waals surface area contributed by atoms with Crippen LogP contribution in [-0.2, 0) is 0 Å². The molecule has 0 saturated heterocycles. The van der Waals surface area contributed by atoms with Crippen molar-refractivity contribution in [1.82, 2.24) is 4.98 Å². The van der Waals surface area contributed by atoms with Crippen LogP contribution in [0.15, 0.2) is 29.1 Å². The number of nitrogens with one attached hydrogen (secondary N) is 1. The number of ether oxygens (including phenoxy) is 1. The Hall–Kier alpha value is -1.77. The van der Waals surface area contributed by atoms with Crippen molar-refractivity contribution in [3.63, 3.8) is 0 Å². The maximum Gasteiger partial charge on any atom is 0.251 e. The van der Waals surface area contributed by atoms with E-state index >= 15 is 0 Å². The molecule has 1 heterocycles. The Labute approximate surface area is 81.3 Å². The molecule has 0 spiro atoms. The third kappa shape index (κ3) is 1.37. The van der Waals surface area contributed by atoms with Crippen LogP contribution in [-0.4, -0.2) is 12.1 Å². The van der Waals surface area contributed by atoms with E-state index in [0.29, 0.717) is 0 Å². The zero-order valence-electron chi connectivity index (χ0n) is 8.13. The maximum absolute atomic E-state index is 11.3. The van der Waals surface area contributed by atoms with Gasteiger partial charge in [-0.1, -0.05) is 0 Å². The Kier molecular flexibility index (Phi) is 2.00. The molecule has 0 aliphatic heterocycles. The van der Waals surface area contributed by atoms with Crippen LogP contribution in [0.4, 0.5) is 0 Å². The Morgan fingerprint density at radius 3 is 2.79 bits per heavy atom. The fourth-order valence-electron chi connectivity index (χ4n) is 1.42. The lowest BCUT2D eigenvalue weighted by Gasteiger charge is -2.02. The van der Waals surface area contributed by atoms with Gasteiger partial charge in [0.15, 0.2) is 0 Å². The SMILES string of the molecule is COc1ccc2cc(C)c(=O)[nH]c2c1. The van der Waals surface area contributed by atoms with E-state index in [0.717, 1.165) is 22.2 Å². The van der Waals surface area contributed by atoms with Gasteiger partial charge in [-0.2, -0.15) is 0 Å². The molecular weight excluding hydrogens is 178 g/mol. The summed E-state index contributed by atoms with van der Waals surface area (Å²) in [6.07, 6.45) is 0. The zero-order valence-corrected chi connectivity index (χ0v) is 8.13.